The molecule has 0 amide bonds. The summed E-state index contributed by atoms with van der Waals surface area (Å²) in [6, 6.07) is 15.0. The first-order valence-electron chi connectivity index (χ1n) is 6.84. The highest BCUT2D eigenvalue weighted by molar-refractivity contribution is 5.72. The smallest absolute Gasteiger partial charge is 0.307 e. The summed E-state index contributed by atoms with van der Waals surface area (Å²) in [6.07, 6.45) is -0.0922. The van der Waals surface area contributed by atoms with Crippen LogP contribution in [0.1, 0.15) is 18.1 Å². The van der Waals surface area contributed by atoms with Crippen LogP contribution in [-0.4, -0.2) is 17.7 Å². The number of aliphatic carboxylic acids is 1. The van der Waals surface area contributed by atoms with E-state index >= 15 is 0 Å². The van der Waals surface area contributed by atoms with Crippen molar-refractivity contribution in [3.63, 3.8) is 0 Å². The molecule has 0 aliphatic rings. The van der Waals surface area contributed by atoms with E-state index in [9.17, 15) is 4.79 Å². The Kier molecular flexibility index (Phi) is 5.21. The van der Waals surface area contributed by atoms with Gasteiger partial charge in [0.05, 0.1) is 13.0 Å². The van der Waals surface area contributed by atoms with E-state index in [1.165, 1.54) is 0 Å². The van der Waals surface area contributed by atoms with Gasteiger partial charge in [0.1, 0.15) is 6.61 Å². The fourth-order valence-electron chi connectivity index (χ4n) is 2.03. The lowest BCUT2D eigenvalue weighted by atomic mass is 10.1. The minimum atomic E-state index is -0.895. The summed E-state index contributed by atoms with van der Waals surface area (Å²) in [5, 5.41) is 9.00. The molecule has 2 aromatic rings. The van der Waals surface area contributed by atoms with E-state index in [0.29, 0.717) is 30.3 Å². The third-order valence-corrected chi connectivity index (χ3v) is 2.93. The van der Waals surface area contributed by atoms with E-state index in [4.69, 9.17) is 14.6 Å². The molecule has 0 fully saturated rings. The molecule has 0 atom stereocenters. The van der Waals surface area contributed by atoms with Crippen molar-refractivity contribution < 1.29 is 19.4 Å². The monoisotopic (exact) mass is 286 g/mol. The number of hydrogen-bond donors (Lipinski definition) is 1. The first-order valence-corrected chi connectivity index (χ1v) is 6.84. The largest absolute Gasteiger partial charge is 0.490 e. The number of para-hydroxylation sites is 1. The van der Waals surface area contributed by atoms with E-state index in [-0.39, 0.29) is 6.42 Å². The Hall–Kier alpha value is -2.49. The van der Waals surface area contributed by atoms with Crippen LogP contribution in [0.2, 0.25) is 0 Å². The van der Waals surface area contributed by atoms with Crippen LogP contribution in [0.25, 0.3) is 0 Å². The zero-order valence-electron chi connectivity index (χ0n) is 11.9. The molecule has 4 nitrogen and oxygen atoms in total. The summed E-state index contributed by atoms with van der Waals surface area (Å²) in [5.74, 6) is 0.186. The Morgan fingerprint density at radius 1 is 1.05 bits per heavy atom. The molecule has 0 heterocycles. The quantitative estimate of drug-likeness (QED) is 0.848. The molecule has 0 unspecified atom stereocenters. The lowest BCUT2D eigenvalue weighted by Crippen LogP contribution is -2.06. The molecule has 0 aliphatic carbocycles. The molecule has 0 radical (unpaired) electrons. The van der Waals surface area contributed by atoms with Gasteiger partial charge in [0, 0.05) is 5.56 Å². The lowest BCUT2D eigenvalue weighted by Gasteiger charge is -2.15. The van der Waals surface area contributed by atoms with Gasteiger partial charge in [-0.1, -0.05) is 42.5 Å². The Balaban J connectivity index is 2.23. The van der Waals surface area contributed by atoms with E-state index in [1.807, 2.05) is 37.3 Å². The number of carbonyl (C=O) groups is 1. The fraction of sp³-hybridized carbons (Fsp3) is 0.235. The average Bonchev–Trinajstić information content (AvgIpc) is 2.47. The Bertz CT molecular complexity index is 593. The Labute approximate surface area is 123 Å². The van der Waals surface area contributed by atoms with Gasteiger partial charge in [-0.3, -0.25) is 4.79 Å². The van der Waals surface area contributed by atoms with Gasteiger partial charge >= 0.3 is 5.97 Å². The van der Waals surface area contributed by atoms with Crippen molar-refractivity contribution in [1.82, 2.24) is 0 Å². The van der Waals surface area contributed by atoms with Gasteiger partial charge in [-0.15, -0.1) is 0 Å². The highest BCUT2D eigenvalue weighted by Crippen LogP contribution is 2.32. The molecule has 4 heteroatoms. The molecule has 0 saturated carbocycles. The summed E-state index contributed by atoms with van der Waals surface area (Å²) in [4.78, 5) is 11.0. The van der Waals surface area contributed by atoms with E-state index in [0.717, 1.165) is 5.56 Å². The van der Waals surface area contributed by atoms with Gasteiger partial charge in [0.25, 0.3) is 0 Å². The average molecular weight is 286 g/mol. The van der Waals surface area contributed by atoms with Crippen LogP contribution >= 0.6 is 0 Å². The van der Waals surface area contributed by atoms with E-state index in [1.54, 1.807) is 18.2 Å². The second kappa shape index (κ2) is 7.33. The standard InChI is InChI=1S/C17H18O4/c1-2-20-15-10-6-9-14(11-16(18)19)17(15)21-12-13-7-4-3-5-8-13/h3-10H,2,11-12H2,1H3,(H,18,19). The van der Waals surface area contributed by atoms with Gasteiger partial charge < -0.3 is 14.6 Å². The first kappa shape index (κ1) is 14.9. The molecule has 2 aromatic carbocycles. The minimum absolute atomic E-state index is 0.0922. The molecular weight excluding hydrogens is 268 g/mol. The normalized spacial score (nSPS) is 10.1. The Morgan fingerprint density at radius 3 is 2.48 bits per heavy atom. The number of benzene rings is 2. The fourth-order valence-corrected chi connectivity index (χ4v) is 2.03. The molecule has 2 rings (SSSR count). The number of rotatable bonds is 7. The van der Waals surface area contributed by atoms with Crippen molar-refractivity contribution in [2.75, 3.05) is 6.61 Å². The third kappa shape index (κ3) is 4.24. The maximum absolute atomic E-state index is 11.0. The molecule has 0 aliphatic heterocycles. The van der Waals surface area contributed by atoms with Crippen LogP contribution in [0.3, 0.4) is 0 Å². The molecule has 0 aromatic heterocycles. The summed E-state index contributed by atoms with van der Waals surface area (Å²) in [7, 11) is 0. The molecule has 110 valence electrons. The molecule has 0 bridgehead atoms. The second-order valence-corrected chi connectivity index (χ2v) is 4.52. The summed E-state index contributed by atoms with van der Waals surface area (Å²) >= 11 is 0. The van der Waals surface area contributed by atoms with Crippen LogP contribution in [0, 0.1) is 0 Å². The SMILES string of the molecule is CCOc1cccc(CC(=O)O)c1OCc1ccccc1. The van der Waals surface area contributed by atoms with Crippen molar-refractivity contribution >= 4 is 5.97 Å². The predicted octanol–water partition coefficient (Wildman–Crippen LogP) is 3.29. The number of hydrogen-bond acceptors (Lipinski definition) is 3. The minimum Gasteiger partial charge on any atom is -0.490 e. The number of carboxylic acids is 1. The van der Waals surface area contributed by atoms with Crippen LogP contribution in [-0.2, 0) is 17.8 Å². The first-order chi connectivity index (χ1) is 10.2. The number of ether oxygens (including phenoxy) is 2. The zero-order valence-corrected chi connectivity index (χ0v) is 11.9. The van der Waals surface area contributed by atoms with Gasteiger partial charge in [-0.05, 0) is 18.6 Å². The zero-order chi connectivity index (χ0) is 15.1. The van der Waals surface area contributed by atoms with Crippen molar-refractivity contribution in [2.45, 2.75) is 20.0 Å². The molecule has 0 saturated heterocycles. The topological polar surface area (TPSA) is 55.8 Å². The van der Waals surface area contributed by atoms with E-state index in [2.05, 4.69) is 0 Å². The molecule has 21 heavy (non-hydrogen) atoms. The third-order valence-electron chi connectivity index (χ3n) is 2.93. The van der Waals surface area contributed by atoms with Crippen molar-refractivity contribution in [2.24, 2.45) is 0 Å². The van der Waals surface area contributed by atoms with Gasteiger partial charge in [0.2, 0.25) is 0 Å². The van der Waals surface area contributed by atoms with Crippen molar-refractivity contribution in [3.05, 3.63) is 59.7 Å². The van der Waals surface area contributed by atoms with Gasteiger partial charge in [-0.25, -0.2) is 0 Å². The molecule has 0 spiro atoms. The van der Waals surface area contributed by atoms with Crippen molar-refractivity contribution in [1.29, 1.82) is 0 Å². The molecular formula is C17H18O4. The van der Waals surface area contributed by atoms with Gasteiger partial charge in [0.15, 0.2) is 11.5 Å². The van der Waals surface area contributed by atoms with Crippen LogP contribution in [0.4, 0.5) is 0 Å². The van der Waals surface area contributed by atoms with Crippen molar-refractivity contribution in [3.8, 4) is 11.5 Å². The summed E-state index contributed by atoms with van der Waals surface area (Å²) in [5.41, 5.74) is 1.63. The number of carboxylic acid groups (broad SMARTS) is 1. The molecule has 1 N–H and O–H groups in total. The lowest BCUT2D eigenvalue weighted by molar-refractivity contribution is -0.136. The highest BCUT2D eigenvalue weighted by Gasteiger charge is 2.13. The van der Waals surface area contributed by atoms with Gasteiger partial charge in [-0.2, -0.15) is 0 Å². The summed E-state index contributed by atoms with van der Waals surface area (Å²) < 4.78 is 11.3. The maximum atomic E-state index is 11.0. The maximum Gasteiger partial charge on any atom is 0.307 e. The predicted molar refractivity (Wildman–Crippen MR) is 79.7 cm³/mol. The van der Waals surface area contributed by atoms with Crippen LogP contribution in [0.5, 0.6) is 11.5 Å². The van der Waals surface area contributed by atoms with Crippen LogP contribution < -0.4 is 9.47 Å². The Morgan fingerprint density at radius 2 is 1.81 bits per heavy atom. The second-order valence-electron chi connectivity index (χ2n) is 4.52. The highest BCUT2D eigenvalue weighted by atomic mass is 16.5. The van der Waals surface area contributed by atoms with Crippen LogP contribution in [0.15, 0.2) is 48.5 Å². The van der Waals surface area contributed by atoms with E-state index < -0.39 is 5.97 Å². The summed E-state index contributed by atoms with van der Waals surface area (Å²) in [6.45, 7) is 2.75.